The van der Waals surface area contributed by atoms with Crippen molar-refractivity contribution in [2.75, 3.05) is 19.8 Å². The number of ether oxygens (including phenoxy) is 11. The van der Waals surface area contributed by atoms with Gasteiger partial charge in [-0.1, -0.05) is 48.5 Å². The summed E-state index contributed by atoms with van der Waals surface area (Å²) < 4.78 is 69.1. The third-order valence-corrected chi connectivity index (χ3v) is 24.6. The molecule has 11 aliphatic rings. The lowest BCUT2D eigenvalue weighted by Gasteiger charge is -2.75. The van der Waals surface area contributed by atoms with E-state index < -0.39 is 196 Å². The highest BCUT2D eigenvalue weighted by Gasteiger charge is 2.80. The van der Waals surface area contributed by atoms with Crippen LogP contribution in [-0.4, -0.2) is 274 Å². The summed E-state index contributed by atoms with van der Waals surface area (Å²) in [6, 6.07) is 0. The van der Waals surface area contributed by atoms with E-state index in [1.54, 1.807) is 0 Å². The summed E-state index contributed by atoms with van der Waals surface area (Å²) in [5.41, 5.74) is -2.18. The summed E-state index contributed by atoms with van der Waals surface area (Å²) in [6.45, 7) is 17.4. The molecule has 0 aromatic carbocycles. The van der Waals surface area contributed by atoms with Crippen LogP contribution in [0.15, 0.2) is 0 Å². The average Bonchev–Trinajstić information content (AvgIpc) is 1.62. The van der Waals surface area contributed by atoms with Crippen molar-refractivity contribution in [2.45, 2.75) is 298 Å². The van der Waals surface area contributed by atoms with Gasteiger partial charge in [-0.25, -0.2) is 4.79 Å². The van der Waals surface area contributed by atoms with Gasteiger partial charge in [0.25, 0.3) is 0 Å². The molecule has 0 amide bonds. The Balaban J connectivity index is 0.911. The molecule has 87 heavy (non-hydrogen) atoms. The van der Waals surface area contributed by atoms with Crippen LogP contribution in [0.25, 0.3) is 0 Å². The fraction of sp³-hybridized carbons (Fsp3) is 0.983. The minimum Gasteiger partial charge on any atom is -0.479 e. The van der Waals surface area contributed by atoms with Gasteiger partial charge in [-0.15, -0.1) is 0 Å². The molecule has 0 aromatic heterocycles. The summed E-state index contributed by atoms with van der Waals surface area (Å²) in [5, 5.41) is 167. The van der Waals surface area contributed by atoms with Crippen LogP contribution < -0.4 is 0 Å². The second-order valence-electron chi connectivity index (χ2n) is 29.9. The van der Waals surface area contributed by atoms with Crippen LogP contribution in [0.1, 0.15) is 127 Å². The van der Waals surface area contributed by atoms with E-state index in [0.717, 1.165) is 44.9 Å². The lowest BCUT2D eigenvalue weighted by atomic mass is 9.30. The lowest BCUT2D eigenvalue weighted by Crippen LogP contribution is -2.74. The molecule has 1 unspecified atom stereocenters. The molecule has 6 aliphatic heterocycles. The van der Waals surface area contributed by atoms with Crippen molar-refractivity contribution >= 4 is 5.97 Å². The fourth-order valence-corrected chi connectivity index (χ4v) is 19.3. The summed E-state index contributed by atoms with van der Waals surface area (Å²) >= 11 is 0. The maximum atomic E-state index is 13.4. The van der Waals surface area contributed by atoms with Crippen LogP contribution in [-0.2, 0) is 56.9 Å². The summed E-state index contributed by atoms with van der Waals surface area (Å²) in [6.07, 6.45) is -40.2. The Morgan fingerprint density at radius 1 is 0.471 bits per heavy atom. The topological polar surface area (TPSA) is 422 Å². The Labute approximate surface area is 506 Å². The minimum absolute atomic E-state index is 0.0199. The predicted molar refractivity (Wildman–Crippen MR) is 293 cm³/mol. The monoisotopic (exact) mass is 1250 g/mol. The van der Waals surface area contributed by atoms with Crippen LogP contribution in [0.2, 0.25) is 0 Å². The maximum absolute atomic E-state index is 13.4. The van der Waals surface area contributed by atoms with E-state index >= 15 is 0 Å². The molecule has 15 N–H and O–H groups in total. The molecule has 11 fully saturated rings. The standard InChI is InChI=1S/C60H98O27/c1-23-32(64)36(68)40(72)49(78-23)85-45-38(70)33(65)24(2)79-51(45)86-46-39(71)35(67)26(21-62)81-52(46)83-43-42(74)44(48(75)76)84-53(47(43)87-50-41(73)37(69)34(66)25(20-61)80-50)82-31-12-13-56(7)27(55(31,5)6)10-14-57(8)28(56)11-15-60-29-18-54(3,4)16-17-59(29,22-77-60)30(63)19-58(57,60)9/h23-47,49-53,61-74H,10-22H2,1-9H3,(H,75,76)/t23-,24-,25+,26+,27-,28+,29?,30+,31-,32-,33-,34+,35-,36+,37-,38+,39-,40+,41+,42-,43-,44-,45+,46+,47+,49-,50-,51-,52-,53+,56-,57+,58-,59+,60-/m0/s1. The SMILES string of the molecule is C[C@@H]1O[C@@H](O[C@H]2[C@H](O[C@H]3[C@H](O[C@H]4[C@H](O)[C@@H](C(=O)O)O[C@@H](O[C@H]5CC[C@]6(C)[C@H]7CC[C@]89OC[C@@]%10(CCC(C)(C)CC%108)[C@H](O)C[C@@]9(C)[C@]7(C)CC[C@H]6C5(C)C)[C@@H]4O[C@@H]4O[C@H](CO)[C@@H](O)[C@H](O)[C@H]4O)O[C@H](CO)[C@H](O)[C@@H]3O)O[C@@H](C)[C@H](O)[C@H]2O)[C@H](O)[C@H](O)[C@H]1O. The zero-order chi connectivity index (χ0) is 63.4. The van der Waals surface area contributed by atoms with Gasteiger partial charge in [-0.2, -0.15) is 0 Å². The Morgan fingerprint density at radius 2 is 0.977 bits per heavy atom. The van der Waals surface area contributed by atoms with E-state index in [9.17, 15) is 81.4 Å². The predicted octanol–water partition coefficient (Wildman–Crippen LogP) is -2.38. The molecule has 0 aromatic rings. The van der Waals surface area contributed by atoms with E-state index in [-0.39, 0.29) is 44.8 Å². The van der Waals surface area contributed by atoms with Crippen molar-refractivity contribution in [3.63, 3.8) is 0 Å². The first-order valence-corrected chi connectivity index (χ1v) is 31.5. The highest BCUT2D eigenvalue weighted by molar-refractivity contribution is 5.73. The molecule has 6 saturated heterocycles. The largest absolute Gasteiger partial charge is 0.479 e. The molecule has 27 heteroatoms. The average molecular weight is 1250 g/mol. The molecule has 1 spiro atoms. The molecule has 35 atom stereocenters. The molecular weight excluding hydrogens is 1150 g/mol. The molecule has 27 nitrogen and oxygen atoms in total. The third kappa shape index (κ3) is 10.5. The van der Waals surface area contributed by atoms with E-state index in [2.05, 4.69) is 48.5 Å². The zero-order valence-electron chi connectivity index (χ0n) is 51.1. The van der Waals surface area contributed by atoms with Crippen molar-refractivity contribution in [2.24, 2.45) is 50.2 Å². The van der Waals surface area contributed by atoms with Crippen LogP contribution in [0, 0.1) is 50.2 Å². The second-order valence-corrected chi connectivity index (χ2v) is 29.9. The van der Waals surface area contributed by atoms with Crippen LogP contribution in [0.3, 0.4) is 0 Å². The lowest BCUT2D eigenvalue weighted by molar-refractivity contribution is -0.412. The van der Waals surface area contributed by atoms with Crippen molar-refractivity contribution in [3.05, 3.63) is 0 Å². The first-order chi connectivity index (χ1) is 40.7. The van der Waals surface area contributed by atoms with E-state index in [1.165, 1.54) is 13.8 Å². The normalized spacial score (nSPS) is 57.2. The summed E-state index contributed by atoms with van der Waals surface area (Å²) in [5.74, 6) is -1.33. The Bertz CT molecular complexity index is 2440. The van der Waals surface area contributed by atoms with Crippen LogP contribution in [0.4, 0.5) is 0 Å². The quantitative estimate of drug-likeness (QED) is 0.0857. The number of rotatable bonds is 13. The first kappa shape index (κ1) is 66.9. The number of aliphatic hydroxyl groups is 14. The maximum Gasteiger partial charge on any atom is 0.335 e. The zero-order valence-corrected chi connectivity index (χ0v) is 51.1. The van der Waals surface area contributed by atoms with Crippen molar-refractivity contribution in [1.82, 2.24) is 0 Å². The summed E-state index contributed by atoms with van der Waals surface area (Å²) in [4.78, 5) is 13.4. The number of hydrogen-bond acceptors (Lipinski definition) is 26. The first-order valence-electron chi connectivity index (χ1n) is 31.5. The van der Waals surface area contributed by atoms with Crippen molar-refractivity contribution in [1.29, 1.82) is 0 Å². The molecule has 0 radical (unpaired) electrons. The highest BCUT2D eigenvalue weighted by Crippen LogP contribution is 2.80. The highest BCUT2D eigenvalue weighted by atomic mass is 16.8. The van der Waals surface area contributed by atoms with E-state index in [0.29, 0.717) is 25.9 Å². The van der Waals surface area contributed by atoms with Gasteiger partial charge in [-0.05, 0) is 117 Å². The van der Waals surface area contributed by atoms with Gasteiger partial charge in [-0.3, -0.25) is 0 Å². The number of carboxylic acid groups (broad SMARTS) is 1. The van der Waals surface area contributed by atoms with Crippen molar-refractivity contribution < 1.29 is 133 Å². The molecule has 11 rings (SSSR count). The van der Waals surface area contributed by atoms with Gasteiger partial charge in [0.15, 0.2) is 37.6 Å². The van der Waals surface area contributed by atoms with Crippen LogP contribution >= 0.6 is 0 Å². The molecular formula is C60H98O27. The summed E-state index contributed by atoms with van der Waals surface area (Å²) in [7, 11) is 0. The molecule has 5 aliphatic carbocycles. The number of hydrogen-bond donors (Lipinski definition) is 15. The van der Waals surface area contributed by atoms with Gasteiger partial charge >= 0.3 is 5.97 Å². The number of aliphatic hydroxyl groups excluding tert-OH is 14. The Morgan fingerprint density at radius 3 is 1.61 bits per heavy atom. The van der Waals surface area contributed by atoms with Crippen molar-refractivity contribution in [3.8, 4) is 0 Å². The smallest absolute Gasteiger partial charge is 0.335 e. The van der Waals surface area contributed by atoms with E-state index in [1.807, 2.05) is 0 Å². The van der Waals surface area contributed by atoms with Crippen LogP contribution in [0.5, 0.6) is 0 Å². The molecule has 6 heterocycles. The molecule has 2 bridgehead atoms. The fourth-order valence-electron chi connectivity index (χ4n) is 19.3. The number of carboxylic acids is 1. The molecule has 500 valence electrons. The third-order valence-electron chi connectivity index (χ3n) is 24.6. The molecule has 5 saturated carbocycles. The van der Waals surface area contributed by atoms with E-state index in [4.69, 9.17) is 52.1 Å². The Kier molecular flexibility index (Phi) is 18.3. The van der Waals surface area contributed by atoms with Gasteiger partial charge < -0.3 is 129 Å². The minimum atomic E-state index is -2.30. The van der Waals surface area contributed by atoms with Gasteiger partial charge in [0.05, 0.1) is 49.8 Å². The number of aliphatic carboxylic acids is 1. The van der Waals surface area contributed by atoms with Gasteiger partial charge in [0, 0.05) is 10.8 Å². The number of fused-ring (bicyclic) bond motifs is 4. The van der Waals surface area contributed by atoms with Gasteiger partial charge in [0.1, 0.15) is 104 Å². The second kappa shape index (κ2) is 23.7. The Hall–Kier alpha value is -1.53. The number of carbonyl (C=O) groups is 1. The van der Waals surface area contributed by atoms with Gasteiger partial charge in [0.2, 0.25) is 0 Å².